The molecule has 0 saturated carbocycles. The highest BCUT2D eigenvalue weighted by molar-refractivity contribution is 8.58. The van der Waals surface area contributed by atoms with Crippen LogP contribution in [-0.2, 0) is 26.6 Å². The number of hydrogen-bond acceptors (Lipinski definition) is 8. The van der Waals surface area contributed by atoms with E-state index in [1.165, 1.54) is 12.1 Å². The average Bonchev–Trinajstić information content (AvgIpc) is 2.68. The number of rotatable bonds is 16. The van der Waals surface area contributed by atoms with E-state index in [-0.39, 0.29) is 0 Å². The van der Waals surface area contributed by atoms with Gasteiger partial charge >= 0.3 is 17.6 Å². The SMILES string of the molecule is CC[Si](CC)(SCC[Si](OC)(OC)OC)SCC[Si](OC)(OC)OC. The van der Waals surface area contributed by atoms with Gasteiger partial charge in [0.05, 0.1) is 0 Å². The van der Waals surface area contributed by atoms with Crippen molar-refractivity contribution < 1.29 is 26.6 Å². The highest BCUT2D eigenvalue weighted by atomic mass is 32.6. The van der Waals surface area contributed by atoms with E-state index in [0.29, 0.717) is 0 Å². The molecule has 0 aliphatic heterocycles. The molecule has 0 aromatic carbocycles. The molecule has 152 valence electrons. The molecule has 0 amide bonds. The molecule has 0 rings (SSSR count). The van der Waals surface area contributed by atoms with Crippen molar-refractivity contribution in [3.05, 3.63) is 0 Å². The van der Waals surface area contributed by atoms with Crippen LogP contribution in [0.2, 0.25) is 24.2 Å². The summed E-state index contributed by atoms with van der Waals surface area (Å²) in [6.45, 7) is 4.61. The molecule has 0 atom stereocenters. The van der Waals surface area contributed by atoms with Crippen LogP contribution in [0.4, 0.5) is 0 Å². The van der Waals surface area contributed by atoms with Crippen LogP contribution in [0.15, 0.2) is 0 Å². The van der Waals surface area contributed by atoms with Crippen LogP contribution in [0.25, 0.3) is 0 Å². The maximum absolute atomic E-state index is 5.53. The monoisotopic (exact) mass is 448 g/mol. The van der Waals surface area contributed by atoms with Gasteiger partial charge < -0.3 is 26.6 Å². The summed E-state index contributed by atoms with van der Waals surface area (Å²) in [5.41, 5.74) is 0. The zero-order valence-electron chi connectivity index (χ0n) is 17.0. The maximum atomic E-state index is 5.53. The highest BCUT2D eigenvalue weighted by Gasteiger charge is 2.41. The Morgan fingerprint density at radius 2 is 0.840 bits per heavy atom. The van der Waals surface area contributed by atoms with Crippen molar-refractivity contribution in [3.8, 4) is 0 Å². The molecule has 11 heteroatoms. The molecular weight excluding hydrogens is 413 g/mol. The van der Waals surface area contributed by atoms with Crippen LogP contribution in [-0.4, -0.2) is 78.1 Å². The molecule has 0 unspecified atom stereocenters. The molecule has 0 fully saturated rings. The highest BCUT2D eigenvalue weighted by Crippen LogP contribution is 2.41. The minimum absolute atomic E-state index is 0.837. The van der Waals surface area contributed by atoms with E-state index in [1.807, 2.05) is 0 Å². The average molecular weight is 449 g/mol. The Labute approximate surface area is 165 Å². The van der Waals surface area contributed by atoms with Crippen molar-refractivity contribution in [2.75, 3.05) is 54.2 Å². The molecule has 0 N–H and O–H groups in total. The van der Waals surface area contributed by atoms with E-state index in [2.05, 4.69) is 36.3 Å². The first kappa shape index (κ1) is 26.1. The first-order valence-corrected chi connectivity index (χ1v) is 18.2. The second-order valence-electron chi connectivity index (χ2n) is 5.41. The summed E-state index contributed by atoms with van der Waals surface area (Å²) in [6.07, 6.45) is -1.48. The molecule has 6 nitrogen and oxygen atoms in total. The summed E-state index contributed by atoms with van der Waals surface area (Å²) in [4.78, 5) is 0. The Kier molecular flexibility index (Phi) is 13.9. The van der Waals surface area contributed by atoms with Gasteiger partial charge in [-0.2, -0.15) is 22.4 Å². The molecule has 25 heavy (non-hydrogen) atoms. The molecule has 0 aromatic rings. The van der Waals surface area contributed by atoms with E-state index in [9.17, 15) is 0 Å². The summed E-state index contributed by atoms with van der Waals surface area (Å²) < 4.78 is 33.2. The van der Waals surface area contributed by atoms with Gasteiger partial charge in [-0.15, -0.1) is 0 Å². The Balaban J connectivity index is 4.69. The van der Waals surface area contributed by atoms with Crippen LogP contribution in [0, 0.1) is 0 Å². The van der Waals surface area contributed by atoms with Crippen molar-refractivity contribution in [2.45, 2.75) is 38.0 Å². The summed E-state index contributed by atoms with van der Waals surface area (Å²) >= 11 is 4.21. The first-order chi connectivity index (χ1) is 11.9. The predicted octanol–water partition coefficient (Wildman–Crippen LogP) is 3.69. The fourth-order valence-electron chi connectivity index (χ4n) is 2.54. The summed E-state index contributed by atoms with van der Waals surface area (Å²) in [5, 5.41) is 0. The first-order valence-electron chi connectivity index (χ1n) is 8.49. The normalized spacial score (nSPS) is 13.4. The van der Waals surface area contributed by atoms with Crippen molar-refractivity contribution >= 4 is 46.4 Å². The minimum Gasteiger partial charge on any atom is -0.377 e. The third kappa shape index (κ3) is 7.94. The fraction of sp³-hybridized carbons (Fsp3) is 1.00. The molecule has 0 aromatic heterocycles. The minimum atomic E-state index is -2.48. The van der Waals surface area contributed by atoms with E-state index in [0.717, 1.165) is 23.6 Å². The Hall–Kier alpha value is 1.11. The van der Waals surface area contributed by atoms with Gasteiger partial charge in [-0.05, 0) is 23.6 Å². The van der Waals surface area contributed by atoms with Crippen molar-refractivity contribution in [2.24, 2.45) is 0 Å². The van der Waals surface area contributed by atoms with E-state index < -0.39 is 24.0 Å². The van der Waals surface area contributed by atoms with Gasteiger partial charge in [0, 0.05) is 54.7 Å². The zero-order valence-corrected chi connectivity index (χ0v) is 21.6. The topological polar surface area (TPSA) is 55.4 Å². The standard InChI is InChI=1S/C14H36O6S2Si3/c1-9-23(10-2,21-11-13-24(15-3,16-4)17-5)22-12-14-25(18-6,19-7)20-8/h9-14H2,1-8H3. The van der Waals surface area contributed by atoms with Gasteiger partial charge in [0.25, 0.3) is 0 Å². The molecule has 0 radical (unpaired) electrons. The van der Waals surface area contributed by atoms with E-state index in [1.54, 1.807) is 42.7 Å². The Morgan fingerprint density at radius 1 is 0.560 bits per heavy atom. The van der Waals surface area contributed by atoms with E-state index >= 15 is 0 Å². The predicted molar refractivity (Wildman–Crippen MR) is 115 cm³/mol. The van der Waals surface area contributed by atoms with Gasteiger partial charge in [0.2, 0.25) is 0 Å². The molecule has 0 bridgehead atoms. The van der Waals surface area contributed by atoms with Gasteiger partial charge in [0.1, 0.15) is 0 Å². The summed E-state index contributed by atoms with van der Waals surface area (Å²) in [5.74, 6) is 2.01. The third-order valence-electron chi connectivity index (χ3n) is 4.49. The zero-order chi connectivity index (χ0) is 19.4. The molecule has 0 aliphatic carbocycles. The lowest BCUT2D eigenvalue weighted by molar-refractivity contribution is 0.125. The molecule has 0 saturated heterocycles. The van der Waals surface area contributed by atoms with Crippen LogP contribution in [0.1, 0.15) is 13.8 Å². The van der Waals surface area contributed by atoms with Crippen LogP contribution in [0.5, 0.6) is 0 Å². The van der Waals surface area contributed by atoms with Crippen LogP contribution in [0.3, 0.4) is 0 Å². The second kappa shape index (κ2) is 13.3. The lowest BCUT2D eigenvalue weighted by Gasteiger charge is -2.31. The number of hydrogen-bond donors (Lipinski definition) is 0. The quantitative estimate of drug-likeness (QED) is 0.331. The van der Waals surface area contributed by atoms with Crippen LogP contribution < -0.4 is 0 Å². The summed E-state index contributed by atoms with van der Waals surface area (Å²) in [7, 11) is 5.08. The lowest BCUT2D eigenvalue weighted by atomic mass is 10.9. The second-order valence-corrected chi connectivity index (χ2v) is 23.4. The Morgan fingerprint density at radius 3 is 1.04 bits per heavy atom. The molecule has 0 spiro atoms. The lowest BCUT2D eigenvalue weighted by Crippen LogP contribution is -2.44. The smallest absolute Gasteiger partial charge is 0.377 e. The van der Waals surface area contributed by atoms with Crippen molar-refractivity contribution in [1.29, 1.82) is 0 Å². The van der Waals surface area contributed by atoms with Gasteiger partial charge in [-0.3, -0.25) is 0 Å². The van der Waals surface area contributed by atoms with Crippen molar-refractivity contribution in [3.63, 3.8) is 0 Å². The van der Waals surface area contributed by atoms with Gasteiger partial charge in [-0.1, -0.05) is 13.8 Å². The Bertz CT molecular complexity index is 298. The molecule has 0 heterocycles. The maximum Gasteiger partial charge on any atom is 0.500 e. The largest absolute Gasteiger partial charge is 0.500 e. The van der Waals surface area contributed by atoms with Gasteiger partial charge in [-0.25, -0.2) is 0 Å². The fourth-order valence-corrected chi connectivity index (χ4v) is 18.7. The molecular formula is C14H36O6S2Si3. The van der Waals surface area contributed by atoms with E-state index in [4.69, 9.17) is 26.6 Å². The molecule has 0 aliphatic rings. The van der Waals surface area contributed by atoms with Crippen LogP contribution >= 0.6 is 22.4 Å². The van der Waals surface area contributed by atoms with Gasteiger partial charge in [0.15, 0.2) is 6.37 Å². The third-order valence-corrected chi connectivity index (χ3v) is 24.7. The van der Waals surface area contributed by atoms with Crippen molar-refractivity contribution in [1.82, 2.24) is 0 Å². The summed E-state index contributed by atoms with van der Waals surface area (Å²) in [6, 6.07) is 4.12.